The summed E-state index contributed by atoms with van der Waals surface area (Å²) in [5.74, 6) is -1.58. The lowest BCUT2D eigenvalue weighted by molar-refractivity contribution is -0.138. The molecule has 1 aliphatic heterocycles. The molecule has 2 atom stereocenters. The van der Waals surface area contributed by atoms with Gasteiger partial charge in [-0.15, -0.1) is 0 Å². The number of benzene rings is 1. The van der Waals surface area contributed by atoms with Gasteiger partial charge in [0.15, 0.2) is 0 Å². The van der Waals surface area contributed by atoms with Crippen LogP contribution in [0, 0.1) is 11.3 Å². The summed E-state index contributed by atoms with van der Waals surface area (Å²) in [6, 6.07) is 6.34. The maximum Gasteiger partial charge on any atom is 0.325 e. The van der Waals surface area contributed by atoms with Crippen molar-refractivity contribution in [2.24, 2.45) is 0 Å². The number of amides is 3. The molecule has 0 spiro atoms. The van der Waals surface area contributed by atoms with Crippen molar-refractivity contribution >= 4 is 23.6 Å². The summed E-state index contributed by atoms with van der Waals surface area (Å²) in [4.78, 5) is 36.7. The Morgan fingerprint density at radius 1 is 1.36 bits per heavy atom. The van der Waals surface area contributed by atoms with Crippen LogP contribution < -0.4 is 16.2 Å². The van der Waals surface area contributed by atoms with Gasteiger partial charge < -0.3 is 15.3 Å². The minimum Gasteiger partial charge on any atom is -0.480 e. The van der Waals surface area contributed by atoms with Crippen molar-refractivity contribution in [3.63, 3.8) is 0 Å². The van der Waals surface area contributed by atoms with Gasteiger partial charge in [-0.05, 0) is 31.9 Å². The maximum atomic E-state index is 12.4. The highest BCUT2D eigenvalue weighted by Crippen LogP contribution is 2.18. The fourth-order valence-corrected chi connectivity index (χ4v) is 2.51. The van der Waals surface area contributed by atoms with E-state index in [1.165, 1.54) is 11.8 Å². The second-order valence-corrected chi connectivity index (χ2v) is 5.63. The van der Waals surface area contributed by atoms with Gasteiger partial charge in [0.2, 0.25) is 0 Å². The molecule has 1 aromatic carbocycles. The quantitative estimate of drug-likeness (QED) is 0.579. The van der Waals surface area contributed by atoms with Crippen molar-refractivity contribution < 1.29 is 19.5 Å². The number of anilines is 1. The second kappa shape index (κ2) is 8.01. The lowest BCUT2D eigenvalue weighted by atomic mass is 10.2. The molecule has 3 amide bonds. The van der Waals surface area contributed by atoms with Gasteiger partial charge in [-0.25, -0.2) is 4.79 Å². The third-order valence-corrected chi connectivity index (χ3v) is 3.89. The highest BCUT2D eigenvalue weighted by Gasteiger charge is 2.35. The van der Waals surface area contributed by atoms with Crippen LogP contribution in [0.5, 0.6) is 0 Å². The molecule has 132 valence electrons. The number of rotatable bonds is 5. The first-order valence-electron chi connectivity index (χ1n) is 7.79. The van der Waals surface area contributed by atoms with Crippen LogP contribution in [-0.2, 0) is 9.59 Å². The molecule has 9 heteroatoms. The number of aliphatic carboxylic acids is 1. The Balaban J connectivity index is 1.97. The number of para-hydroxylation sites is 1. The van der Waals surface area contributed by atoms with Gasteiger partial charge in [0.25, 0.3) is 5.91 Å². The van der Waals surface area contributed by atoms with Crippen molar-refractivity contribution in [3.8, 4) is 6.07 Å². The molecule has 0 aliphatic carbocycles. The predicted octanol–water partition coefficient (Wildman–Crippen LogP) is 0.648. The Morgan fingerprint density at radius 3 is 2.76 bits per heavy atom. The molecule has 1 aromatic rings. The third kappa shape index (κ3) is 4.38. The first-order valence-corrected chi connectivity index (χ1v) is 7.79. The van der Waals surface area contributed by atoms with Gasteiger partial charge >= 0.3 is 12.0 Å². The Labute approximate surface area is 144 Å². The largest absolute Gasteiger partial charge is 0.480 e. The SMILES string of the molecule is CC(NC(=O)N1CCCC1C(=O)NNc1ccccc1C#N)C(=O)O. The number of urea groups is 1. The smallest absolute Gasteiger partial charge is 0.325 e. The number of carbonyl (C=O) groups excluding carboxylic acids is 2. The van der Waals surface area contributed by atoms with Crippen LogP contribution in [0.25, 0.3) is 0 Å². The van der Waals surface area contributed by atoms with Gasteiger partial charge in [-0.3, -0.25) is 20.4 Å². The zero-order valence-electron chi connectivity index (χ0n) is 13.7. The zero-order chi connectivity index (χ0) is 18.4. The van der Waals surface area contributed by atoms with E-state index in [2.05, 4.69) is 16.2 Å². The number of nitrogens with zero attached hydrogens (tertiary/aromatic N) is 2. The van der Waals surface area contributed by atoms with Crippen molar-refractivity contribution in [2.75, 3.05) is 12.0 Å². The number of likely N-dealkylation sites (tertiary alicyclic amines) is 1. The Hall–Kier alpha value is -3.28. The van der Waals surface area contributed by atoms with Crippen molar-refractivity contribution in [3.05, 3.63) is 29.8 Å². The summed E-state index contributed by atoms with van der Waals surface area (Å²) < 4.78 is 0. The molecule has 1 aliphatic rings. The van der Waals surface area contributed by atoms with Gasteiger partial charge in [0.1, 0.15) is 18.2 Å². The lowest BCUT2D eigenvalue weighted by Gasteiger charge is -2.25. The molecule has 0 saturated carbocycles. The van der Waals surface area contributed by atoms with E-state index in [9.17, 15) is 14.4 Å². The van der Waals surface area contributed by atoms with E-state index in [1.54, 1.807) is 24.3 Å². The molecule has 0 radical (unpaired) electrons. The molecule has 9 nitrogen and oxygen atoms in total. The number of hydrazine groups is 1. The number of nitriles is 1. The molecule has 1 saturated heterocycles. The fraction of sp³-hybridized carbons (Fsp3) is 0.375. The Morgan fingerprint density at radius 2 is 2.08 bits per heavy atom. The Bertz CT molecular complexity index is 715. The van der Waals surface area contributed by atoms with Gasteiger partial charge in [0.05, 0.1) is 11.3 Å². The summed E-state index contributed by atoms with van der Waals surface area (Å²) in [5, 5.41) is 20.2. The number of hydrogen-bond donors (Lipinski definition) is 4. The van der Waals surface area contributed by atoms with E-state index in [-0.39, 0.29) is 0 Å². The highest BCUT2D eigenvalue weighted by molar-refractivity contribution is 5.89. The van der Waals surface area contributed by atoms with Crippen LogP contribution in [-0.4, -0.2) is 46.5 Å². The first kappa shape index (κ1) is 18.1. The van der Waals surface area contributed by atoms with E-state index < -0.39 is 30.0 Å². The molecule has 0 bridgehead atoms. The van der Waals surface area contributed by atoms with Gasteiger partial charge in [-0.2, -0.15) is 5.26 Å². The number of carbonyl (C=O) groups is 3. The average molecular weight is 345 g/mol. The lowest BCUT2D eigenvalue weighted by Crippen LogP contribution is -2.53. The third-order valence-electron chi connectivity index (χ3n) is 3.89. The van der Waals surface area contributed by atoms with Crippen LogP contribution in [0.1, 0.15) is 25.3 Å². The Kier molecular flexibility index (Phi) is 5.79. The molecule has 2 unspecified atom stereocenters. The van der Waals surface area contributed by atoms with Crippen molar-refractivity contribution in [1.82, 2.24) is 15.6 Å². The van der Waals surface area contributed by atoms with Crippen LogP contribution >= 0.6 is 0 Å². The average Bonchev–Trinajstić information content (AvgIpc) is 3.09. The van der Waals surface area contributed by atoms with Gasteiger partial charge in [-0.1, -0.05) is 12.1 Å². The maximum absolute atomic E-state index is 12.4. The minimum atomic E-state index is -1.15. The first-order chi connectivity index (χ1) is 11.9. The molecule has 1 fully saturated rings. The molecule has 0 aromatic heterocycles. The second-order valence-electron chi connectivity index (χ2n) is 5.63. The molecule has 1 heterocycles. The summed E-state index contributed by atoms with van der Waals surface area (Å²) in [7, 11) is 0. The molecular weight excluding hydrogens is 326 g/mol. The van der Waals surface area contributed by atoms with Crippen LogP contribution in [0.4, 0.5) is 10.5 Å². The van der Waals surface area contributed by atoms with Crippen molar-refractivity contribution in [1.29, 1.82) is 5.26 Å². The van der Waals surface area contributed by atoms with Crippen LogP contribution in [0.3, 0.4) is 0 Å². The number of carboxylic acid groups (broad SMARTS) is 1. The van der Waals surface area contributed by atoms with E-state index in [4.69, 9.17) is 10.4 Å². The molecule has 4 N–H and O–H groups in total. The fourth-order valence-electron chi connectivity index (χ4n) is 2.51. The van der Waals surface area contributed by atoms with E-state index in [0.29, 0.717) is 30.6 Å². The van der Waals surface area contributed by atoms with Crippen LogP contribution in [0.2, 0.25) is 0 Å². The standard InChI is InChI=1S/C16H19N5O4/c1-10(15(23)24)18-16(25)21-8-4-7-13(21)14(22)20-19-12-6-3-2-5-11(12)9-17/h2-3,5-6,10,13,19H,4,7-8H2,1H3,(H,18,25)(H,20,22)(H,23,24). The summed E-state index contributed by atoms with van der Waals surface area (Å²) in [5.41, 5.74) is 6.01. The van der Waals surface area contributed by atoms with Crippen molar-refractivity contribution in [2.45, 2.75) is 31.8 Å². The molecule has 25 heavy (non-hydrogen) atoms. The summed E-state index contributed by atoms with van der Waals surface area (Å²) in [6.45, 7) is 1.72. The highest BCUT2D eigenvalue weighted by atomic mass is 16.4. The van der Waals surface area contributed by atoms with Gasteiger partial charge in [0, 0.05) is 6.54 Å². The zero-order valence-corrected chi connectivity index (χ0v) is 13.7. The number of carboxylic acids is 1. The van der Waals surface area contributed by atoms with Crippen LogP contribution in [0.15, 0.2) is 24.3 Å². The summed E-state index contributed by atoms with van der Waals surface area (Å²) >= 11 is 0. The predicted molar refractivity (Wildman–Crippen MR) is 88.3 cm³/mol. The topological polar surface area (TPSA) is 135 Å². The number of nitrogens with one attached hydrogen (secondary N) is 3. The van der Waals surface area contributed by atoms with E-state index in [0.717, 1.165) is 0 Å². The normalized spacial score (nSPS) is 17.3. The number of hydrogen-bond acceptors (Lipinski definition) is 5. The monoisotopic (exact) mass is 345 g/mol. The molecule has 2 rings (SSSR count). The minimum absolute atomic E-state index is 0.366. The van der Waals surface area contributed by atoms with E-state index in [1.807, 2.05) is 6.07 Å². The summed E-state index contributed by atoms with van der Waals surface area (Å²) in [6.07, 6.45) is 1.12. The van der Waals surface area contributed by atoms with E-state index >= 15 is 0 Å². The molecular formula is C16H19N5O4.